The number of hydrogen-bond acceptors (Lipinski definition) is 5. The van der Waals surface area contributed by atoms with E-state index >= 15 is 0 Å². The molecular weight excluding hydrogens is 564 g/mol. The second-order valence-electron chi connectivity index (χ2n) is 10.3. The molecule has 1 aliphatic heterocycles. The van der Waals surface area contributed by atoms with E-state index in [2.05, 4.69) is 10.3 Å². The Bertz CT molecular complexity index is 2200. The Morgan fingerprint density at radius 3 is 2.33 bits per heavy atom. The van der Waals surface area contributed by atoms with Crippen LogP contribution in [0.2, 0.25) is 0 Å². The summed E-state index contributed by atoms with van der Waals surface area (Å²) in [6.07, 6.45) is 0. The minimum absolute atomic E-state index is 0.176. The van der Waals surface area contributed by atoms with Gasteiger partial charge in [-0.15, -0.1) is 0 Å². The Hall–Kier alpha value is -5.25. The van der Waals surface area contributed by atoms with Crippen LogP contribution >= 0.6 is 0 Å². The van der Waals surface area contributed by atoms with Crippen LogP contribution in [-0.4, -0.2) is 24.0 Å². The fourth-order valence-electron chi connectivity index (χ4n) is 5.18. The molecule has 0 fully saturated rings. The molecule has 43 heavy (non-hydrogen) atoms. The fraction of sp³-hybridized carbons (Fsp3) is 0.0588. The molecule has 4 aromatic carbocycles. The van der Waals surface area contributed by atoms with Crippen LogP contribution in [0.5, 0.6) is 0 Å². The van der Waals surface area contributed by atoms with Crippen molar-refractivity contribution in [3.63, 3.8) is 0 Å². The minimum atomic E-state index is -4.32. The summed E-state index contributed by atoms with van der Waals surface area (Å²) < 4.78 is 38.9. The van der Waals surface area contributed by atoms with E-state index in [0.717, 1.165) is 33.5 Å². The zero-order valence-corrected chi connectivity index (χ0v) is 24.1. The molecule has 9 heteroatoms. The van der Waals surface area contributed by atoms with Crippen LogP contribution in [0, 0.1) is 13.8 Å². The highest BCUT2D eigenvalue weighted by molar-refractivity contribution is 7.85. The summed E-state index contributed by atoms with van der Waals surface area (Å²) in [6.45, 7) is 3.76. The number of aromatic carboxylic acids is 1. The molecule has 0 aromatic heterocycles. The molecule has 0 unspecified atom stereocenters. The number of aryl methyl sites for hydroxylation is 2. The van der Waals surface area contributed by atoms with E-state index in [4.69, 9.17) is 4.42 Å². The Balaban J connectivity index is 1.57. The molecule has 1 heterocycles. The first kappa shape index (κ1) is 27.9. The molecule has 0 bridgehead atoms. The third-order valence-corrected chi connectivity index (χ3v) is 8.20. The number of benzene rings is 5. The number of nitrogens with one attached hydrogen (secondary N) is 2. The van der Waals surface area contributed by atoms with E-state index in [1.165, 1.54) is 12.1 Å². The molecular formula is C34H27N2O6S+. The van der Waals surface area contributed by atoms with Crippen molar-refractivity contribution in [1.82, 2.24) is 0 Å². The molecule has 0 radical (unpaired) electrons. The molecule has 1 aliphatic carbocycles. The van der Waals surface area contributed by atoms with E-state index in [0.29, 0.717) is 33.5 Å². The quantitative estimate of drug-likeness (QED) is 0.142. The number of rotatable bonds is 6. The number of carbonyl (C=O) groups is 1. The van der Waals surface area contributed by atoms with Gasteiger partial charge in [0.2, 0.25) is 11.0 Å². The normalized spacial score (nSPS) is 12.1. The van der Waals surface area contributed by atoms with Gasteiger partial charge in [0.1, 0.15) is 11.3 Å². The van der Waals surface area contributed by atoms with Crippen molar-refractivity contribution < 1.29 is 32.3 Å². The summed E-state index contributed by atoms with van der Waals surface area (Å²) in [4.78, 5) is 15.3. The van der Waals surface area contributed by atoms with Crippen molar-refractivity contribution in [3.8, 4) is 22.5 Å². The van der Waals surface area contributed by atoms with Crippen LogP contribution in [0.3, 0.4) is 0 Å². The molecule has 4 aromatic rings. The van der Waals surface area contributed by atoms with E-state index in [1.807, 2.05) is 73.7 Å². The SMILES string of the molecule is Cc1ccccc1Nc1ccc2c(-c3ccccc3C(=O)O)c3ccc(=[NH+]c4ccc(S(=O)(=O)O)cc4C)cc-3oc2c1. The predicted octanol–water partition coefficient (Wildman–Crippen LogP) is 5.82. The largest absolute Gasteiger partial charge is 0.478 e. The topological polar surface area (TPSA) is 131 Å². The zero-order chi connectivity index (χ0) is 30.3. The number of carboxylic acids is 1. The highest BCUT2D eigenvalue weighted by atomic mass is 32.2. The maximum Gasteiger partial charge on any atom is 0.336 e. The van der Waals surface area contributed by atoms with Gasteiger partial charge >= 0.3 is 5.97 Å². The number of hydrogen-bond donors (Lipinski definition) is 4. The van der Waals surface area contributed by atoms with Gasteiger partial charge in [0, 0.05) is 51.7 Å². The van der Waals surface area contributed by atoms with Crippen LogP contribution in [0.1, 0.15) is 21.5 Å². The van der Waals surface area contributed by atoms with Gasteiger partial charge in [-0.05, 0) is 67.4 Å². The summed E-state index contributed by atoms with van der Waals surface area (Å²) in [7, 11) is -4.32. The number of anilines is 2. The average Bonchev–Trinajstić information content (AvgIpc) is 2.97. The van der Waals surface area contributed by atoms with Crippen LogP contribution in [-0.2, 0) is 10.1 Å². The Kier molecular flexibility index (Phi) is 7.05. The maximum atomic E-state index is 12.2. The second kappa shape index (κ2) is 10.9. The Morgan fingerprint density at radius 2 is 1.58 bits per heavy atom. The summed E-state index contributed by atoms with van der Waals surface area (Å²) in [6, 6.07) is 30.5. The first-order chi connectivity index (χ1) is 20.6. The molecule has 6 rings (SSSR count). The van der Waals surface area contributed by atoms with Gasteiger partial charge in [-0.2, -0.15) is 8.42 Å². The highest BCUT2D eigenvalue weighted by Gasteiger charge is 2.22. The lowest BCUT2D eigenvalue weighted by Crippen LogP contribution is -2.70. The highest BCUT2D eigenvalue weighted by Crippen LogP contribution is 2.42. The third kappa shape index (κ3) is 5.51. The van der Waals surface area contributed by atoms with Crippen LogP contribution in [0.15, 0.2) is 112 Å². The minimum Gasteiger partial charge on any atom is -0.478 e. The molecule has 0 saturated heterocycles. The molecule has 214 valence electrons. The lowest BCUT2D eigenvalue weighted by Gasteiger charge is -2.17. The molecule has 0 saturated carbocycles. The van der Waals surface area contributed by atoms with Gasteiger partial charge in [-0.3, -0.25) is 4.55 Å². The standard InChI is InChI=1S/C34H26N2O6S/c1-20-7-3-6-10-29(20)35-22-11-14-27-31(18-22)42-32-19-23(36-30-16-13-24(17-21(30)2)43(39,40)41)12-15-28(32)33(27)25-8-4-5-9-26(25)34(37)38/h3-19,35H,1-2H3,(H,37,38)(H,39,40,41)/p+1. The van der Waals surface area contributed by atoms with Gasteiger partial charge < -0.3 is 14.8 Å². The van der Waals surface area contributed by atoms with Gasteiger partial charge in [0.25, 0.3) is 10.1 Å². The average molecular weight is 592 g/mol. The Morgan fingerprint density at radius 1 is 0.814 bits per heavy atom. The van der Waals surface area contributed by atoms with E-state index in [1.54, 1.807) is 31.2 Å². The zero-order valence-electron chi connectivity index (χ0n) is 23.3. The summed E-state index contributed by atoms with van der Waals surface area (Å²) in [5.74, 6) is -0.509. The monoisotopic (exact) mass is 591 g/mol. The van der Waals surface area contributed by atoms with Crippen molar-refractivity contribution >= 4 is 44.1 Å². The van der Waals surface area contributed by atoms with Crippen molar-refractivity contribution in [1.29, 1.82) is 0 Å². The van der Waals surface area contributed by atoms with Crippen LogP contribution in [0.25, 0.3) is 33.4 Å². The maximum absolute atomic E-state index is 12.2. The van der Waals surface area contributed by atoms with Gasteiger partial charge in [-0.25, -0.2) is 9.79 Å². The van der Waals surface area contributed by atoms with Gasteiger partial charge in [-0.1, -0.05) is 36.4 Å². The first-order valence-electron chi connectivity index (χ1n) is 13.4. The fourth-order valence-corrected chi connectivity index (χ4v) is 5.75. The third-order valence-electron chi connectivity index (χ3n) is 7.35. The van der Waals surface area contributed by atoms with Crippen molar-refractivity contribution in [2.45, 2.75) is 18.7 Å². The molecule has 4 N–H and O–H groups in total. The molecule has 8 nitrogen and oxygen atoms in total. The molecule has 2 aliphatic rings. The van der Waals surface area contributed by atoms with Crippen LogP contribution < -0.4 is 15.7 Å². The second-order valence-corrected chi connectivity index (χ2v) is 11.7. The summed E-state index contributed by atoms with van der Waals surface area (Å²) >= 11 is 0. The van der Waals surface area contributed by atoms with Gasteiger partial charge in [0.05, 0.1) is 16.5 Å². The summed E-state index contributed by atoms with van der Waals surface area (Å²) in [5.41, 5.74) is 6.89. The number of fused-ring (bicyclic) bond motifs is 2. The molecule has 0 amide bonds. The number of para-hydroxylation sites is 1. The van der Waals surface area contributed by atoms with E-state index in [9.17, 15) is 22.9 Å². The van der Waals surface area contributed by atoms with Crippen LogP contribution in [0.4, 0.5) is 17.1 Å². The van der Waals surface area contributed by atoms with Crippen molar-refractivity contribution in [3.05, 3.63) is 125 Å². The van der Waals surface area contributed by atoms with Gasteiger partial charge in [0.15, 0.2) is 0 Å². The van der Waals surface area contributed by atoms with Crippen molar-refractivity contribution in [2.24, 2.45) is 0 Å². The van der Waals surface area contributed by atoms with E-state index < -0.39 is 16.1 Å². The number of carboxylic acid groups (broad SMARTS) is 1. The Labute approximate surface area is 247 Å². The lowest BCUT2D eigenvalue weighted by atomic mass is 9.90. The molecule has 0 atom stereocenters. The molecule has 0 spiro atoms. The first-order valence-corrected chi connectivity index (χ1v) is 14.9. The lowest BCUT2D eigenvalue weighted by molar-refractivity contribution is -0.403. The van der Waals surface area contributed by atoms with E-state index in [-0.39, 0.29) is 10.5 Å². The predicted molar refractivity (Wildman–Crippen MR) is 164 cm³/mol. The van der Waals surface area contributed by atoms with Crippen molar-refractivity contribution in [2.75, 3.05) is 5.32 Å². The smallest absolute Gasteiger partial charge is 0.336 e. The summed E-state index contributed by atoms with van der Waals surface area (Å²) in [5, 5.41) is 14.9.